The standard InChI is InChI=1S/C15H16N2OS/c1-3-15-16-12(10-19-15)9-17-7-6-11-8-13(18-2)4-5-14(11)17/h4-8,10H,3,9H2,1-2H3. The lowest BCUT2D eigenvalue weighted by Crippen LogP contribution is -1.98. The van der Waals surface area contributed by atoms with Gasteiger partial charge in [0.05, 0.1) is 24.4 Å². The van der Waals surface area contributed by atoms with Gasteiger partial charge in [-0.3, -0.25) is 0 Å². The number of nitrogens with zero attached hydrogens (tertiary/aromatic N) is 2. The van der Waals surface area contributed by atoms with Crippen LogP contribution < -0.4 is 4.74 Å². The first-order valence-electron chi connectivity index (χ1n) is 6.36. The van der Waals surface area contributed by atoms with E-state index in [9.17, 15) is 0 Å². The normalized spacial score (nSPS) is 11.1. The maximum atomic E-state index is 5.25. The summed E-state index contributed by atoms with van der Waals surface area (Å²) in [6.45, 7) is 2.96. The Morgan fingerprint density at radius 3 is 2.95 bits per heavy atom. The van der Waals surface area contributed by atoms with Crippen LogP contribution in [0.3, 0.4) is 0 Å². The van der Waals surface area contributed by atoms with E-state index in [2.05, 4.69) is 46.3 Å². The van der Waals surface area contributed by atoms with E-state index in [4.69, 9.17) is 4.74 Å². The Kier molecular flexibility index (Phi) is 3.25. The van der Waals surface area contributed by atoms with Gasteiger partial charge >= 0.3 is 0 Å². The number of ether oxygens (including phenoxy) is 1. The van der Waals surface area contributed by atoms with Gasteiger partial charge in [-0.15, -0.1) is 11.3 Å². The molecule has 0 aliphatic heterocycles. The van der Waals surface area contributed by atoms with Crippen molar-refractivity contribution < 1.29 is 4.74 Å². The smallest absolute Gasteiger partial charge is 0.119 e. The summed E-state index contributed by atoms with van der Waals surface area (Å²) in [5.41, 5.74) is 2.35. The van der Waals surface area contributed by atoms with Crippen molar-refractivity contribution in [2.75, 3.05) is 7.11 Å². The number of benzene rings is 1. The second kappa shape index (κ2) is 5.05. The lowest BCUT2D eigenvalue weighted by atomic mass is 10.2. The molecule has 3 aromatic rings. The fourth-order valence-electron chi connectivity index (χ4n) is 2.20. The quantitative estimate of drug-likeness (QED) is 0.724. The van der Waals surface area contributed by atoms with Crippen molar-refractivity contribution in [2.45, 2.75) is 19.9 Å². The molecule has 1 aromatic carbocycles. The van der Waals surface area contributed by atoms with Crippen LogP contribution in [0.4, 0.5) is 0 Å². The van der Waals surface area contributed by atoms with Crippen LogP contribution in [0.2, 0.25) is 0 Å². The number of aromatic nitrogens is 2. The van der Waals surface area contributed by atoms with Gasteiger partial charge in [0.25, 0.3) is 0 Å². The van der Waals surface area contributed by atoms with E-state index in [0.29, 0.717) is 0 Å². The SMILES string of the molecule is CCc1nc(Cn2ccc3cc(OC)ccc32)cs1. The lowest BCUT2D eigenvalue weighted by Gasteiger charge is -2.04. The van der Waals surface area contributed by atoms with Gasteiger partial charge in [-0.05, 0) is 30.7 Å². The molecule has 0 saturated carbocycles. The van der Waals surface area contributed by atoms with Crippen molar-refractivity contribution in [3.8, 4) is 5.75 Å². The highest BCUT2D eigenvalue weighted by Crippen LogP contribution is 2.23. The van der Waals surface area contributed by atoms with Crippen molar-refractivity contribution in [2.24, 2.45) is 0 Å². The molecule has 0 unspecified atom stereocenters. The Bertz CT molecular complexity index is 699. The van der Waals surface area contributed by atoms with E-state index in [1.165, 1.54) is 15.9 Å². The zero-order valence-electron chi connectivity index (χ0n) is 11.1. The molecule has 2 heterocycles. The maximum absolute atomic E-state index is 5.25. The van der Waals surface area contributed by atoms with Crippen LogP contribution >= 0.6 is 11.3 Å². The van der Waals surface area contributed by atoms with Gasteiger partial charge in [0.1, 0.15) is 5.75 Å². The highest BCUT2D eigenvalue weighted by Gasteiger charge is 2.05. The van der Waals surface area contributed by atoms with E-state index in [-0.39, 0.29) is 0 Å². The van der Waals surface area contributed by atoms with Crippen LogP contribution in [0.5, 0.6) is 5.75 Å². The summed E-state index contributed by atoms with van der Waals surface area (Å²) >= 11 is 1.74. The molecule has 4 heteroatoms. The van der Waals surface area contributed by atoms with Crippen LogP contribution in [0.25, 0.3) is 10.9 Å². The largest absolute Gasteiger partial charge is 0.497 e. The zero-order valence-corrected chi connectivity index (χ0v) is 11.9. The number of methoxy groups -OCH3 is 1. The third-order valence-electron chi connectivity index (χ3n) is 3.21. The number of thiazole rings is 1. The molecule has 0 amide bonds. The monoisotopic (exact) mass is 272 g/mol. The number of hydrogen-bond donors (Lipinski definition) is 0. The Labute approximate surface area is 116 Å². The molecule has 2 aromatic heterocycles. The molecule has 0 N–H and O–H groups in total. The van der Waals surface area contributed by atoms with Crippen LogP contribution in [0.15, 0.2) is 35.8 Å². The molecule has 0 atom stereocenters. The average Bonchev–Trinajstić information content (AvgIpc) is 3.06. The van der Waals surface area contributed by atoms with Crippen molar-refractivity contribution in [1.82, 2.24) is 9.55 Å². The van der Waals surface area contributed by atoms with Gasteiger partial charge in [0.2, 0.25) is 0 Å². The van der Waals surface area contributed by atoms with Crippen LogP contribution in [-0.4, -0.2) is 16.7 Å². The van der Waals surface area contributed by atoms with Gasteiger partial charge in [-0.2, -0.15) is 0 Å². The highest BCUT2D eigenvalue weighted by atomic mass is 32.1. The summed E-state index contributed by atoms with van der Waals surface area (Å²) in [5.74, 6) is 0.896. The van der Waals surface area contributed by atoms with Gasteiger partial charge in [-0.25, -0.2) is 4.98 Å². The van der Waals surface area contributed by atoms with E-state index < -0.39 is 0 Å². The molecule has 0 saturated heterocycles. The Hall–Kier alpha value is -1.81. The minimum absolute atomic E-state index is 0.826. The van der Waals surface area contributed by atoms with Crippen LogP contribution in [0, 0.1) is 0 Å². The summed E-state index contributed by atoms with van der Waals surface area (Å²) in [6.07, 6.45) is 3.11. The third kappa shape index (κ3) is 2.36. The van der Waals surface area contributed by atoms with Crippen molar-refractivity contribution in [3.63, 3.8) is 0 Å². The predicted molar refractivity (Wildman–Crippen MR) is 79.1 cm³/mol. The van der Waals surface area contributed by atoms with Gasteiger partial charge < -0.3 is 9.30 Å². The van der Waals surface area contributed by atoms with Gasteiger partial charge in [0, 0.05) is 22.5 Å². The summed E-state index contributed by atoms with van der Waals surface area (Å²) in [4.78, 5) is 4.62. The van der Waals surface area contributed by atoms with E-state index in [0.717, 1.165) is 24.4 Å². The molecule has 3 nitrogen and oxygen atoms in total. The van der Waals surface area contributed by atoms with Crippen LogP contribution in [0.1, 0.15) is 17.6 Å². The minimum Gasteiger partial charge on any atom is -0.497 e. The summed E-state index contributed by atoms with van der Waals surface area (Å²) in [7, 11) is 1.69. The van der Waals surface area contributed by atoms with Crippen molar-refractivity contribution in [3.05, 3.63) is 46.5 Å². The average molecular weight is 272 g/mol. The predicted octanol–water partition coefficient (Wildman–Crippen LogP) is 3.72. The van der Waals surface area contributed by atoms with E-state index in [1.54, 1.807) is 18.4 Å². The molecule has 0 spiro atoms. The Balaban J connectivity index is 1.92. The molecule has 19 heavy (non-hydrogen) atoms. The number of hydrogen-bond acceptors (Lipinski definition) is 3. The fraction of sp³-hybridized carbons (Fsp3) is 0.267. The molecule has 0 fully saturated rings. The number of aryl methyl sites for hydroxylation is 1. The molecular weight excluding hydrogens is 256 g/mol. The molecule has 0 radical (unpaired) electrons. The van der Waals surface area contributed by atoms with Crippen molar-refractivity contribution >= 4 is 22.2 Å². The first kappa shape index (κ1) is 12.2. The first-order chi connectivity index (χ1) is 9.30. The Morgan fingerprint density at radius 2 is 2.21 bits per heavy atom. The molecule has 0 aliphatic rings. The summed E-state index contributed by atoms with van der Waals surface area (Å²) in [6, 6.07) is 8.27. The Morgan fingerprint density at radius 1 is 1.32 bits per heavy atom. The minimum atomic E-state index is 0.826. The van der Waals surface area contributed by atoms with E-state index >= 15 is 0 Å². The second-order valence-electron chi connectivity index (χ2n) is 4.45. The highest BCUT2D eigenvalue weighted by molar-refractivity contribution is 7.09. The van der Waals surface area contributed by atoms with E-state index in [1.807, 2.05) is 6.07 Å². The summed E-state index contributed by atoms with van der Waals surface area (Å²) in [5, 5.41) is 4.55. The first-order valence-corrected chi connectivity index (χ1v) is 7.24. The number of rotatable bonds is 4. The molecule has 0 aliphatic carbocycles. The molecule has 0 bridgehead atoms. The maximum Gasteiger partial charge on any atom is 0.119 e. The summed E-state index contributed by atoms with van der Waals surface area (Å²) < 4.78 is 7.47. The van der Waals surface area contributed by atoms with Crippen molar-refractivity contribution in [1.29, 1.82) is 0 Å². The van der Waals surface area contributed by atoms with Crippen LogP contribution in [-0.2, 0) is 13.0 Å². The molecule has 3 rings (SSSR count). The molecular formula is C15H16N2OS. The molecule has 98 valence electrons. The van der Waals surface area contributed by atoms with Gasteiger partial charge in [0.15, 0.2) is 0 Å². The number of fused-ring (bicyclic) bond motifs is 1. The third-order valence-corrected chi connectivity index (χ3v) is 4.25. The van der Waals surface area contributed by atoms with Gasteiger partial charge in [-0.1, -0.05) is 6.92 Å². The topological polar surface area (TPSA) is 27.1 Å². The zero-order chi connectivity index (χ0) is 13.2. The fourth-order valence-corrected chi connectivity index (χ4v) is 2.94. The second-order valence-corrected chi connectivity index (χ2v) is 5.40. The lowest BCUT2D eigenvalue weighted by molar-refractivity contribution is 0.415.